The number of pyridine rings is 1. The molecule has 0 saturated carbocycles. The number of fused-ring (bicyclic) bond motifs is 1. The number of para-hydroxylation sites is 1. The van der Waals surface area contributed by atoms with Gasteiger partial charge in [0.2, 0.25) is 5.43 Å². The molecule has 0 aliphatic rings. The monoisotopic (exact) mass is 438 g/mol. The van der Waals surface area contributed by atoms with Crippen LogP contribution >= 0.6 is 0 Å². The quantitative estimate of drug-likeness (QED) is 0.490. The van der Waals surface area contributed by atoms with Gasteiger partial charge in [0.05, 0.1) is 23.7 Å². The first-order chi connectivity index (χ1) is 15.4. The van der Waals surface area contributed by atoms with Crippen LogP contribution in [0.3, 0.4) is 0 Å². The average molecular weight is 438 g/mol. The number of aromatic nitrogens is 1. The molecule has 1 heterocycles. The highest BCUT2D eigenvalue weighted by molar-refractivity contribution is 6.05. The van der Waals surface area contributed by atoms with E-state index in [0.29, 0.717) is 11.3 Å². The summed E-state index contributed by atoms with van der Waals surface area (Å²) in [4.78, 5) is 25.7. The molecule has 162 valence electrons. The molecule has 4 aromatic rings. The first-order valence-electron chi connectivity index (χ1n) is 9.59. The lowest BCUT2D eigenvalue weighted by Gasteiger charge is -2.15. The van der Waals surface area contributed by atoms with Crippen LogP contribution < -0.4 is 15.5 Å². The van der Waals surface area contributed by atoms with Gasteiger partial charge in [0, 0.05) is 12.7 Å². The molecular weight excluding hydrogens is 421 g/mol. The van der Waals surface area contributed by atoms with Gasteiger partial charge in [-0.3, -0.25) is 9.59 Å². The smallest absolute Gasteiger partial charge is 0.261 e. The highest BCUT2D eigenvalue weighted by atomic mass is 19.1. The van der Waals surface area contributed by atoms with Crippen molar-refractivity contribution in [1.29, 1.82) is 0 Å². The van der Waals surface area contributed by atoms with Crippen LogP contribution in [-0.2, 0) is 6.54 Å². The van der Waals surface area contributed by atoms with E-state index < -0.39 is 39.7 Å². The van der Waals surface area contributed by atoms with E-state index in [1.165, 1.54) is 29.9 Å². The number of ether oxygens (including phenoxy) is 1. The number of nitrogens with one attached hydrogen (secondary N) is 1. The molecule has 8 heteroatoms. The van der Waals surface area contributed by atoms with Gasteiger partial charge in [-0.25, -0.2) is 13.2 Å². The summed E-state index contributed by atoms with van der Waals surface area (Å²) < 4.78 is 49.6. The van der Waals surface area contributed by atoms with Crippen molar-refractivity contribution in [3.8, 4) is 5.75 Å². The maximum absolute atomic E-state index is 14.7. The van der Waals surface area contributed by atoms with Gasteiger partial charge in [-0.2, -0.15) is 0 Å². The van der Waals surface area contributed by atoms with Crippen molar-refractivity contribution >= 4 is 22.5 Å². The van der Waals surface area contributed by atoms with Crippen LogP contribution in [0.2, 0.25) is 0 Å². The van der Waals surface area contributed by atoms with E-state index in [9.17, 15) is 22.8 Å². The summed E-state index contributed by atoms with van der Waals surface area (Å²) >= 11 is 0. The van der Waals surface area contributed by atoms with Gasteiger partial charge in [-0.15, -0.1) is 0 Å². The Hall–Kier alpha value is -4.07. The largest absolute Gasteiger partial charge is 0.497 e. The summed E-state index contributed by atoms with van der Waals surface area (Å²) in [7, 11) is 1.52. The first kappa shape index (κ1) is 21.2. The van der Waals surface area contributed by atoms with Crippen molar-refractivity contribution in [2.75, 3.05) is 12.4 Å². The summed E-state index contributed by atoms with van der Waals surface area (Å²) in [6.07, 6.45) is 1.15. The van der Waals surface area contributed by atoms with Crippen molar-refractivity contribution in [3.05, 3.63) is 106 Å². The van der Waals surface area contributed by atoms with Gasteiger partial charge in [-0.1, -0.05) is 24.3 Å². The van der Waals surface area contributed by atoms with E-state index in [0.717, 1.165) is 24.4 Å². The SMILES string of the molecule is COc1ccc(Cn2cc(C(=O)Nc3ccccc3F)c(=O)c3c(F)ccc(F)c32)cc1. The number of rotatable bonds is 5. The van der Waals surface area contributed by atoms with Crippen LogP contribution in [0.4, 0.5) is 18.9 Å². The minimum absolute atomic E-state index is 0.0428. The van der Waals surface area contributed by atoms with Crippen LogP contribution in [0, 0.1) is 17.5 Å². The number of carbonyl (C=O) groups excluding carboxylic acids is 1. The third-order valence-electron chi connectivity index (χ3n) is 5.00. The van der Waals surface area contributed by atoms with E-state index in [4.69, 9.17) is 4.74 Å². The number of hydrogen-bond acceptors (Lipinski definition) is 3. The minimum Gasteiger partial charge on any atom is -0.497 e. The van der Waals surface area contributed by atoms with E-state index in [1.807, 2.05) is 0 Å². The fourth-order valence-electron chi connectivity index (χ4n) is 3.42. The molecule has 1 amide bonds. The van der Waals surface area contributed by atoms with Gasteiger partial charge in [-0.05, 0) is 42.0 Å². The Morgan fingerprint density at radius 1 is 0.938 bits per heavy atom. The normalized spacial score (nSPS) is 10.9. The second-order valence-electron chi connectivity index (χ2n) is 7.03. The standard InChI is InChI=1S/C24H17F3N2O3/c1-32-15-8-6-14(7-9-15)12-29-13-16(24(31)28-20-5-3-2-4-17(20)25)23(30)21-18(26)10-11-19(27)22(21)29/h2-11,13H,12H2,1H3,(H,28,31). The Morgan fingerprint density at radius 3 is 2.31 bits per heavy atom. The van der Waals surface area contributed by atoms with Crippen molar-refractivity contribution in [1.82, 2.24) is 4.57 Å². The van der Waals surface area contributed by atoms with Crippen molar-refractivity contribution in [2.24, 2.45) is 0 Å². The highest BCUT2D eigenvalue weighted by Crippen LogP contribution is 2.22. The summed E-state index contributed by atoms with van der Waals surface area (Å²) in [5.74, 6) is -2.80. The molecule has 0 fully saturated rings. The van der Waals surface area contributed by atoms with Crippen LogP contribution in [0.15, 0.2) is 71.7 Å². The molecule has 0 bridgehead atoms. The molecule has 0 aliphatic heterocycles. The molecule has 4 rings (SSSR count). The number of halogens is 3. The lowest BCUT2D eigenvalue weighted by molar-refractivity contribution is 0.102. The van der Waals surface area contributed by atoms with Crippen molar-refractivity contribution in [3.63, 3.8) is 0 Å². The molecule has 3 aromatic carbocycles. The molecule has 0 atom stereocenters. The van der Waals surface area contributed by atoms with Gasteiger partial charge in [0.1, 0.15) is 28.8 Å². The summed E-state index contributed by atoms with van der Waals surface area (Å²) in [6.45, 7) is 0.0428. The Labute approximate surface area is 180 Å². The van der Waals surface area contributed by atoms with E-state index in [2.05, 4.69) is 5.32 Å². The summed E-state index contributed by atoms with van der Waals surface area (Å²) in [5, 5.41) is 1.76. The zero-order valence-electron chi connectivity index (χ0n) is 16.9. The molecule has 0 radical (unpaired) electrons. The second-order valence-corrected chi connectivity index (χ2v) is 7.03. The van der Waals surface area contributed by atoms with Crippen LogP contribution in [-0.4, -0.2) is 17.6 Å². The molecule has 32 heavy (non-hydrogen) atoms. The molecule has 0 aliphatic carbocycles. The van der Waals surface area contributed by atoms with Gasteiger partial charge < -0.3 is 14.6 Å². The Bertz CT molecular complexity index is 1380. The molecule has 5 nitrogen and oxygen atoms in total. The van der Waals surface area contributed by atoms with E-state index in [-0.39, 0.29) is 17.7 Å². The highest BCUT2D eigenvalue weighted by Gasteiger charge is 2.21. The predicted molar refractivity (Wildman–Crippen MR) is 115 cm³/mol. The molecule has 1 N–H and O–H groups in total. The lowest BCUT2D eigenvalue weighted by Crippen LogP contribution is -2.25. The third-order valence-corrected chi connectivity index (χ3v) is 5.00. The fraction of sp³-hybridized carbons (Fsp3) is 0.0833. The van der Waals surface area contributed by atoms with Crippen LogP contribution in [0.5, 0.6) is 5.75 Å². The molecular formula is C24H17F3N2O3. The number of amides is 1. The number of anilines is 1. The average Bonchev–Trinajstić information content (AvgIpc) is 2.79. The summed E-state index contributed by atoms with van der Waals surface area (Å²) in [5.41, 5.74) is -1.15. The number of hydrogen-bond donors (Lipinski definition) is 1. The second kappa shape index (κ2) is 8.58. The predicted octanol–water partition coefficient (Wildman–Crippen LogP) is 4.73. The third kappa shape index (κ3) is 3.94. The lowest BCUT2D eigenvalue weighted by atomic mass is 10.1. The van der Waals surface area contributed by atoms with Crippen molar-refractivity contribution < 1.29 is 22.7 Å². The van der Waals surface area contributed by atoms with E-state index >= 15 is 0 Å². The van der Waals surface area contributed by atoms with Gasteiger partial charge >= 0.3 is 0 Å². The zero-order chi connectivity index (χ0) is 22.8. The number of benzene rings is 3. The van der Waals surface area contributed by atoms with Crippen LogP contribution in [0.25, 0.3) is 10.9 Å². The number of methoxy groups -OCH3 is 1. The van der Waals surface area contributed by atoms with E-state index in [1.54, 1.807) is 24.3 Å². The van der Waals surface area contributed by atoms with Crippen molar-refractivity contribution in [2.45, 2.75) is 6.54 Å². The topological polar surface area (TPSA) is 60.3 Å². The fourth-order valence-corrected chi connectivity index (χ4v) is 3.42. The Balaban J connectivity index is 1.85. The van der Waals surface area contributed by atoms with Gasteiger partial charge in [0.25, 0.3) is 5.91 Å². The number of nitrogens with zero attached hydrogens (tertiary/aromatic N) is 1. The molecule has 1 aromatic heterocycles. The first-order valence-corrected chi connectivity index (χ1v) is 9.59. The Kier molecular flexibility index (Phi) is 5.68. The maximum atomic E-state index is 14.7. The zero-order valence-corrected chi connectivity index (χ0v) is 16.9. The molecule has 0 unspecified atom stereocenters. The Morgan fingerprint density at radius 2 is 1.62 bits per heavy atom. The van der Waals surface area contributed by atoms with Gasteiger partial charge in [0.15, 0.2) is 0 Å². The molecule has 0 saturated heterocycles. The number of carbonyl (C=O) groups is 1. The minimum atomic E-state index is -0.989. The summed E-state index contributed by atoms with van der Waals surface area (Å²) in [6, 6.07) is 14.0. The maximum Gasteiger partial charge on any atom is 0.261 e. The molecule has 0 spiro atoms. The van der Waals surface area contributed by atoms with Crippen LogP contribution in [0.1, 0.15) is 15.9 Å².